The lowest BCUT2D eigenvalue weighted by atomic mass is 10.0. The first-order valence-electron chi connectivity index (χ1n) is 8.99. The molecule has 2 saturated heterocycles. The van der Waals surface area contributed by atoms with Crippen LogP contribution >= 0.6 is 0 Å². The fraction of sp³-hybridized carbons (Fsp3) is 0.684. The van der Waals surface area contributed by atoms with Gasteiger partial charge in [0, 0.05) is 18.4 Å². The number of quaternary nitrogens is 2. The molecule has 0 saturated carbocycles. The zero-order valence-electron chi connectivity index (χ0n) is 14.4. The predicted octanol–water partition coefficient (Wildman–Crippen LogP) is 0.234. The van der Waals surface area contributed by atoms with Crippen LogP contribution in [-0.4, -0.2) is 44.4 Å². The zero-order valence-corrected chi connectivity index (χ0v) is 14.4. The van der Waals surface area contributed by atoms with E-state index in [4.69, 9.17) is 4.74 Å². The van der Waals surface area contributed by atoms with Crippen molar-refractivity contribution >= 4 is 0 Å². The lowest BCUT2D eigenvalue weighted by Crippen LogP contribution is -3.22. The molecule has 0 spiro atoms. The lowest BCUT2D eigenvalue weighted by Gasteiger charge is -2.39. The number of benzene rings is 1. The maximum absolute atomic E-state index is 5.89. The Morgan fingerprint density at radius 1 is 1.00 bits per heavy atom. The second-order valence-corrected chi connectivity index (χ2v) is 7.51. The molecule has 3 rings (SSSR count). The summed E-state index contributed by atoms with van der Waals surface area (Å²) in [6.07, 6.45) is 3.60. The minimum absolute atomic E-state index is 0.427. The molecular formula is C19H32N2O+2. The van der Waals surface area contributed by atoms with E-state index in [1.165, 1.54) is 56.7 Å². The van der Waals surface area contributed by atoms with Crippen LogP contribution in [0.15, 0.2) is 24.3 Å². The van der Waals surface area contributed by atoms with E-state index in [9.17, 15) is 0 Å². The van der Waals surface area contributed by atoms with E-state index in [-0.39, 0.29) is 0 Å². The number of hydrogen-bond donors (Lipinski definition) is 2. The van der Waals surface area contributed by atoms with Crippen molar-refractivity contribution in [2.75, 3.05) is 26.2 Å². The number of rotatable bonds is 3. The summed E-state index contributed by atoms with van der Waals surface area (Å²) in [5.74, 6) is 0. The summed E-state index contributed by atoms with van der Waals surface area (Å²) < 4.78 is 5.89. The predicted molar refractivity (Wildman–Crippen MR) is 89.3 cm³/mol. The van der Waals surface area contributed by atoms with Crippen molar-refractivity contribution in [1.82, 2.24) is 0 Å². The van der Waals surface area contributed by atoms with Crippen molar-refractivity contribution in [3.63, 3.8) is 0 Å². The van der Waals surface area contributed by atoms with Gasteiger partial charge in [0.05, 0.1) is 19.1 Å². The Morgan fingerprint density at radius 2 is 1.59 bits per heavy atom. The Labute approximate surface area is 135 Å². The minimum Gasteiger partial charge on any atom is -0.364 e. The molecule has 0 aromatic heterocycles. The van der Waals surface area contributed by atoms with Crippen LogP contribution in [0, 0.1) is 6.92 Å². The summed E-state index contributed by atoms with van der Waals surface area (Å²) >= 11 is 0. The van der Waals surface area contributed by atoms with Crippen LogP contribution in [0.3, 0.4) is 0 Å². The molecule has 1 aromatic rings. The van der Waals surface area contributed by atoms with E-state index >= 15 is 0 Å². The first kappa shape index (κ1) is 16.0. The first-order valence-corrected chi connectivity index (χ1v) is 8.99. The Bertz CT molecular complexity index is 455. The smallest absolute Gasteiger partial charge is 0.104 e. The number of piperidine rings is 1. The van der Waals surface area contributed by atoms with E-state index in [0.29, 0.717) is 12.2 Å². The molecule has 2 aliphatic rings. The summed E-state index contributed by atoms with van der Waals surface area (Å²) in [7, 11) is 0. The Morgan fingerprint density at radius 3 is 2.18 bits per heavy atom. The highest BCUT2D eigenvalue weighted by Crippen LogP contribution is 2.05. The van der Waals surface area contributed by atoms with E-state index in [1.807, 2.05) is 0 Å². The van der Waals surface area contributed by atoms with Gasteiger partial charge in [-0.25, -0.2) is 0 Å². The van der Waals surface area contributed by atoms with Crippen LogP contribution in [-0.2, 0) is 11.3 Å². The van der Waals surface area contributed by atoms with Gasteiger partial charge >= 0.3 is 0 Å². The van der Waals surface area contributed by atoms with Crippen LogP contribution in [0.1, 0.15) is 37.8 Å². The molecule has 0 aliphatic carbocycles. The molecule has 3 nitrogen and oxygen atoms in total. The Balaban J connectivity index is 1.48. The summed E-state index contributed by atoms with van der Waals surface area (Å²) in [5.41, 5.74) is 2.84. The molecule has 0 bridgehead atoms. The van der Waals surface area contributed by atoms with Crippen molar-refractivity contribution < 1.29 is 14.5 Å². The van der Waals surface area contributed by atoms with E-state index in [0.717, 1.165) is 6.04 Å². The number of hydrogen-bond acceptors (Lipinski definition) is 1. The summed E-state index contributed by atoms with van der Waals surface area (Å²) in [4.78, 5) is 3.55. The van der Waals surface area contributed by atoms with E-state index < -0.39 is 0 Å². The molecule has 2 aliphatic heterocycles. The largest absolute Gasteiger partial charge is 0.364 e. The Kier molecular flexibility index (Phi) is 5.17. The third-order valence-electron chi connectivity index (χ3n) is 5.41. The SMILES string of the molecule is Cc1ccc(C[NH+]2CCC([NH+]3CC(C)OC(C)C3)CC2)cc1. The van der Waals surface area contributed by atoms with Gasteiger partial charge in [-0.3, -0.25) is 0 Å². The van der Waals surface area contributed by atoms with Gasteiger partial charge in [-0.1, -0.05) is 29.8 Å². The number of ether oxygens (including phenoxy) is 1. The number of aryl methyl sites for hydroxylation is 1. The second kappa shape index (κ2) is 7.12. The highest BCUT2D eigenvalue weighted by Gasteiger charge is 2.34. The number of nitrogens with one attached hydrogen (secondary N) is 2. The molecule has 122 valence electrons. The maximum Gasteiger partial charge on any atom is 0.104 e. The highest BCUT2D eigenvalue weighted by atomic mass is 16.5. The van der Waals surface area contributed by atoms with Gasteiger partial charge in [0.15, 0.2) is 0 Å². The van der Waals surface area contributed by atoms with Crippen LogP contribution < -0.4 is 9.80 Å². The topological polar surface area (TPSA) is 18.1 Å². The third kappa shape index (κ3) is 4.09. The van der Waals surface area contributed by atoms with E-state index in [2.05, 4.69) is 45.0 Å². The van der Waals surface area contributed by atoms with Crippen LogP contribution in [0.5, 0.6) is 0 Å². The molecule has 2 unspecified atom stereocenters. The molecule has 2 atom stereocenters. The van der Waals surface area contributed by atoms with Crippen LogP contribution in [0.2, 0.25) is 0 Å². The average Bonchev–Trinajstić information content (AvgIpc) is 2.49. The van der Waals surface area contributed by atoms with Crippen LogP contribution in [0.4, 0.5) is 0 Å². The fourth-order valence-electron chi connectivity index (χ4n) is 4.25. The molecular weight excluding hydrogens is 272 g/mol. The monoisotopic (exact) mass is 304 g/mol. The summed E-state index contributed by atoms with van der Waals surface area (Å²) in [5, 5.41) is 0. The fourth-order valence-corrected chi connectivity index (χ4v) is 4.25. The van der Waals surface area contributed by atoms with Gasteiger partial charge in [0.25, 0.3) is 0 Å². The van der Waals surface area contributed by atoms with Gasteiger partial charge in [0.2, 0.25) is 0 Å². The van der Waals surface area contributed by atoms with Crippen molar-refractivity contribution in [3.8, 4) is 0 Å². The van der Waals surface area contributed by atoms with Crippen molar-refractivity contribution in [2.24, 2.45) is 0 Å². The average molecular weight is 304 g/mol. The standard InChI is InChI=1S/C19H30N2O/c1-15-4-6-18(7-5-15)14-20-10-8-19(9-11-20)21-12-16(2)22-17(3)13-21/h4-7,16-17,19H,8-14H2,1-3H3/p+2. The lowest BCUT2D eigenvalue weighted by molar-refractivity contribution is -0.970. The molecule has 2 fully saturated rings. The van der Waals surface area contributed by atoms with E-state index in [1.54, 1.807) is 9.80 Å². The first-order chi connectivity index (χ1) is 10.6. The molecule has 3 heteroatoms. The maximum atomic E-state index is 5.89. The second-order valence-electron chi connectivity index (χ2n) is 7.51. The van der Waals surface area contributed by atoms with Crippen molar-refractivity contribution in [1.29, 1.82) is 0 Å². The quantitative estimate of drug-likeness (QED) is 0.818. The molecule has 2 heterocycles. The molecule has 2 N–H and O–H groups in total. The zero-order chi connectivity index (χ0) is 15.5. The summed E-state index contributed by atoms with van der Waals surface area (Å²) in [6.45, 7) is 12.9. The van der Waals surface area contributed by atoms with Crippen molar-refractivity contribution in [3.05, 3.63) is 35.4 Å². The third-order valence-corrected chi connectivity index (χ3v) is 5.41. The normalized spacial score (nSPS) is 36.2. The van der Waals surface area contributed by atoms with Crippen molar-refractivity contribution in [2.45, 2.75) is 58.4 Å². The minimum atomic E-state index is 0.427. The number of likely N-dealkylation sites (tertiary alicyclic amines) is 1. The molecule has 22 heavy (non-hydrogen) atoms. The van der Waals surface area contributed by atoms with Gasteiger partial charge in [-0.15, -0.1) is 0 Å². The van der Waals surface area contributed by atoms with Gasteiger partial charge < -0.3 is 14.5 Å². The van der Waals surface area contributed by atoms with Gasteiger partial charge in [-0.2, -0.15) is 0 Å². The Hall–Kier alpha value is -0.900. The molecule has 1 aromatic carbocycles. The number of morpholine rings is 1. The highest BCUT2D eigenvalue weighted by molar-refractivity contribution is 5.20. The van der Waals surface area contributed by atoms with Gasteiger partial charge in [-0.05, 0) is 20.8 Å². The summed E-state index contributed by atoms with van der Waals surface area (Å²) in [6, 6.07) is 9.93. The van der Waals surface area contributed by atoms with Gasteiger partial charge in [0.1, 0.15) is 31.8 Å². The molecule has 0 amide bonds. The van der Waals surface area contributed by atoms with Crippen LogP contribution in [0.25, 0.3) is 0 Å². The molecule has 0 radical (unpaired) electrons.